The van der Waals surface area contributed by atoms with Gasteiger partial charge in [0.25, 0.3) is 0 Å². The largest absolute Gasteiger partial charge is 0.348 e. The molecule has 0 aliphatic rings. The van der Waals surface area contributed by atoms with E-state index in [9.17, 15) is 4.79 Å². The van der Waals surface area contributed by atoms with Crippen molar-refractivity contribution < 1.29 is 4.79 Å². The molecule has 102 valence electrons. The van der Waals surface area contributed by atoms with Gasteiger partial charge in [0, 0.05) is 13.1 Å². The highest BCUT2D eigenvalue weighted by Crippen LogP contribution is 2.27. The van der Waals surface area contributed by atoms with Crippen LogP contribution in [-0.4, -0.2) is 36.4 Å². The van der Waals surface area contributed by atoms with E-state index in [0.29, 0.717) is 6.04 Å². The standard InChI is InChI=1S/C13H22N2OS2/c1-5-6-11-12(9-16)18-13(14-11)15(3)10(2)7-8-17-4/h9-10H,5-8H2,1-4H3. The van der Waals surface area contributed by atoms with Gasteiger partial charge < -0.3 is 4.90 Å². The summed E-state index contributed by atoms with van der Waals surface area (Å²) in [5.74, 6) is 1.15. The van der Waals surface area contributed by atoms with Crippen LogP contribution >= 0.6 is 23.1 Å². The van der Waals surface area contributed by atoms with Gasteiger partial charge >= 0.3 is 0 Å². The van der Waals surface area contributed by atoms with Crippen LogP contribution in [0.1, 0.15) is 42.1 Å². The summed E-state index contributed by atoms with van der Waals surface area (Å²) in [6.07, 6.45) is 6.11. The van der Waals surface area contributed by atoms with Gasteiger partial charge in [-0.05, 0) is 31.8 Å². The minimum Gasteiger partial charge on any atom is -0.348 e. The van der Waals surface area contributed by atoms with Crippen LogP contribution in [0.4, 0.5) is 5.13 Å². The highest BCUT2D eigenvalue weighted by Gasteiger charge is 2.16. The van der Waals surface area contributed by atoms with E-state index in [4.69, 9.17) is 0 Å². The van der Waals surface area contributed by atoms with E-state index >= 15 is 0 Å². The van der Waals surface area contributed by atoms with Crippen LogP contribution in [0.3, 0.4) is 0 Å². The second-order valence-corrected chi connectivity index (χ2v) is 6.41. The van der Waals surface area contributed by atoms with Crippen molar-refractivity contribution in [3.63, 3.8) is 0 Å². The average Bonchev–Trinajstić information content (AvgIpc) is 2.78. The van der Waals surface area contributed by atoms with Gasteiger partial charge in [-0.25, -0.2) is 4.98 Å². The highest BCUT2D eigenvalue weighted by atomic mass is 32.2. The summed E-state index contributed by atoms with van der Waals surface area (Å²) >= 11 is 3.37. The molecule has 1 heterocycles. The van der Waals surface area contributed by atoms with E-state index in [2.05, 4.69) is 37.0 Å². The Bertz CT molecular complexity index is 379. The molecule has 1 rings (SSSR count). The minimum absolute atomic E-state index is 0.456. The maximum Gasteiger partial charge on any atom is 0.186 e. The monoisotopic (exact) mass is 286 g/mol. The average molecular weight is 286 g/mol. The van der Waals surface area contributed by atoms with Crippen molar-refractivity contribution in [1.82, 2.24) is 4.98 Å². The Labute approximate surface area is 118 Å². The molecule has 0 N–H and O–H groups in total. The molecule has 18 heavy (non-hydrogen) atoms. The van der Waals surface area contributed by atoms with Gasteiger partial charge in [-0.15, -0.1) is 0 Å². The lowest BCUT2D eigenvalue weighted by Gasteiger charge is -2.23. The zero-order valence-electron chi connectivity index (χ0n) is 11.6. The molecular weight excluding hydrogens is 264 g/mol. The number of rotatable bonds is 8. The molecule has 0 spiro atoms. The lowest BCUT2D eigenvalue weighted by atomic mass is 10.2. The first-order valence-corrected chi connectivity index (χ1v) is 8.51. The first-order valence-electron chi connectivity index (χ1n) is 6.30. The lowest BCUT2D eigenvalue weighted by molar-refractivity contribution is 0.112. The topological polar surface area (TPSA) is 33.2 Å². The van der Waals surface area contributed by atoms with Crippen molar-refractivity contribution in [2.45, 2.75) is 39.2 Å². The normalized spacial score (nSPS) is 12.4. The maximum atomic E-state index is 11.0. The molecule has 0 fully saturated rings. The number of thioether (sulfide) groups is 1. The molecule has 0 amide bonds. The molecule has 0 aliphatic heterocycles. The van der Waals surface area contributed by atoms with Crippen molar-refractivity contribution in [2.24, 2.45) is 0 Å². The predicted molar refractivity (Wildman–Crippen MR) is 82.4 cm³/mol. The van der Waals surface area contributed by atoms with E-state index in [1.807, 2.05) is 11.8 Å². The number of hydrogen-bond acceptors (Lipinski definition) is 5. The van der Waals surface area contributed by atoms with Crippen LogP contribution in [0.15, 0.2) is 0 Å². The number of anilines is 1. The predicted octanol–water partition coefficient (Wildman–Crippen LogP) is 3.49. The molecule has 3 nitrogen and oxygen atoms in total. The molecule has 0 bridgehead atoms. The minimum atomic E-state index is 0.456. The molecule has 0 aromatic carbocycles. The van der Waals surface area contributed by atoms with E-state index in [1.54, 1.807) is 0 Å². The quantitative estimate of drug-likeness (QED) is 0.685. The van der Waals surface area contributed by atoms with Gasteiger partial charge in [-0.2, -0.15) is 11.8 Å². The first kappa shape index (κ1) is 15.5. The Morgan fingerprint density at radius 1 is 1.56 bits per heavy atom. The van der Waals surface area contributed by atoms with Gasteiger partial charge in [0.15, 0.2) is 11.4 Å². The number of carbonyl (C=O) groups is 1. The Morgan fingerprint density at radius 3 is 2.83 bits per heavy atom. The summed E-state index contributed by atoms with van der Waals surface area (Å²) in [6, 6.07) is 0.456. The lowest BCUT2D eigenvalue weighted by Crippen LogP contribution is -2.29. The van der Waals surface area contributed by atoms with Crippen LogP contribution in [-0.2, 0) is 6.42 Å². The Kier molecular flexibility index (Phi) is 6.71. The zero-order chi connectivity index (χ0) is 13.5. The number of carbonyl (C=O) groups excluding carboxylic acids is 1. The third-order valence-corrected chi connectivity index (χ3v) is 4.77. The second-order valence-electron chi connectivity index (χ2n) is 4.42. The van der Waals surface area contributed by atoms with E-state index in [-0.39, 0.29) is 0 Å². The first-order chi connectivity index (χ1) is 8.63. The van der Waals surface area contributed by atoms with E-state index in [0.717, 1.165) is 47.0 Å². The van der Waals surface area contributed by atoms with Gasteiger partial charge in [0.1, 0.15) is 0 Å². The molecule has 5 heteroatoms. The van der Waals surface area contributed by atoms with Gasteiger partial charge in [-0.3, -0.25) is 4.79 Å². The van der Waals surface area contributed by atoms with Crippen molar-refractivity contribution >= 4 is 34.5 Å². The Balaban J connectivity index is 2.78. The third kappa shape index (κ3) is 3.99. The number of thiazole rings is 1. The summed E-state index contributed by atoms with van der Waals surface area (Å²) in [5, 5.41) is 0.967. The number of aldehydes is 1. The van der Waals surface area contributed by atoms with Gasteiger partial charge in [0.2, 0.25) is 0 Å². The number of hydrogen-bond donors (Lipinski definition) is 0. The fourth-order valence-corrected chi connectivity index (χ4v) is 3.25. The summed E-state index contributed by atoms with van der Waals surface area (Å²) in [5.41, 5.74) is 0.955. The van der Waals surface area contributed by atoms with Gasteiger partial charge in [0.05, 0.1) is 10.6 Å². The molecule has 1 atom stereocenters. The fraction of sp³-hybridized carbons (Fsp3) is 0.692. The smallest absolute Gasteiger partial charge is 0.186 e. The van der Waals surface area contributed by atoms with E-state index in [1.165, 1.54) is 11.3 Å². The molecule has 0 saturated heterocycles. The van der Waals surface area contributed by atoms with Crippen molar-refractivity contribution in [1.29, 1.82) is 0 Å². The maximum absolute atomic E-state index is 11.0. The molecule has 0 aliphatic carbocycles. The van der Waals surface area contributed by atoms with Crippen molar-refractivity contribution in [3.8, 4) is 0 Å². The Hall–Kier alpha value is -0.550. The van der Waals surface area contributed by atoms with Crippen molar-refractivity contribution in [3.05, 3.63) is 10.6 Å². The van der Waals surface area contributed by atoms with Gasteiger partial charge in [-0.1, -0.05) is 24.7 Å². The van der Waals surface area contributed by atoms with Crippen LogP contribution in [0.2, 0.25) is 0 Å². The molecule has 1 unspecified atom stereocenters. The number of aromatic nitrogens is 1. The molecular formula is C13H22N2OS2. The summed E-state index contributed by atoms with van der Waals surface area (Å²) in [6.45, 7) is 4.32. The highest BCUT2D eigenvalue weighted by molar-refractivity contribution is 7.98. The SMILES string of the molecule is CCCc1nc(N(C)C(C)CCSC)sc1C=O. The molecule has 1 aromatic rings. The molecule has 1 aromatic heterocycles. The zero-order valence-corrected chi connectivity index (χ0v) is 13.2. The molecule has 0 saturated carbocycles. The summed E-state index contributed by atoms with van der Waals surface area (Å²) in [7, 11) is 2.06. The number of nitrogens with zero attached hydrogens (tertiary/aromatic N) is 2. The van der Waals surface area contributed by atoms with Crippen LogP contribution in [0, 0.1) is 0 Å². The summed E-state index contributed by atoms with van der Waals surface area (Å²) < 4.78 is 0. The fourth-order valence-electron chi connectivity index (χ4n) is 1.68. The summed E-state index contributed by atoms with van der Waals surface area (Å²) in [4.78, 5) is 18.6. The van der Waals surface area contributed by atoms with Crippen LogP contribution < -0.4 is 4.90 Å². The second kappa shape index (κ2) is 7.79. The van der Waals surface area contributed by atoms with Crippen LogP contribution in [0.25, 0.3) is 0 Å². The van der Waals surface area contributed by atoms with Crippen LogP contribution in [0.5, 0.6) is 0 Å². The number of aryl methyl sites for hydroxylation is 1. The third-order valence-electron chi connectivity index (χ3n) is 3.01. The Morgan fingerprint density at radius 2 is 2.28 bits per heavy atom. The van der Waals surface area contributed by atoms with Crippen molar-refractivity contribution in [2.75, 3.05) is 24.0 Å². The molecule has 0 radical (unpaired) electrons. The van der Waals surface area contributed by atoms with E-state index < -0.39 is 0 Å².